The van der Waals surface area contributed by atoms with Crippen LogP contribution in [0.5, 0.6) is 0 Å². The number of rotatable bonds is 6. The molecule has 0 bridgehead atoms. The summed E-state index contributed by atoms with van der Waals surface area (Å²) in [5.41, 5.74) is 0. The lowest BCUT2D eigenvalue weighted by Gasteiger charge is -2.08. The number of halogens is 1. The van der Waals surface area contributed by atoms with E-state index in [0.29, 0.717) is 23.3 Å². The van der Waals surface area contributed by atoms with Gasteiger partial charge in [-0.05, 0) is 6.42 Å². The Morgan fingerprint density at radius 3 is 2.87 bits per heavy atom. The molecule has 15 heavy (non-hydrogen) atoms. The zero-order chi connectivity index (χ0) is 11.1. The molecule has 84 valence electrons. The number of hydrogen-bond acceptors (Lipinski definition) is 5. The van der Waals surface area contributed by atoms with E-state index < -0.39 is 0 Å². The molecule has 1 aromatic heterocycles. The van der Waals surface area contributed by atoms with Gasteiger partial charge in [0.05, 0.1) is 12.8 Å². The van der Waals surface area contributed by atoms with Crippen molar-refractivity contribution in [3.63, 3.8) is 0 Å². The number of nitrogens with zero attached hydrogens (tertiary/aromatic N) is 2. The van der Waals surface area contributed by atoms with Crippen molar-refractivity contribution in [2.45, 2.75) is 13.3 Å². The topological polar surface area (TPSA) is 70.1 Å². The van der Waals surface area contributed by atoms with Gasteiger partial charge in [0.15, 0.2) is 5.82 Å². The van der Waals surface area contributed by atoms with Gasteiger partial charge >= 0.3 is 0 Å². The van der Waals surface area contributed by atoms with Crippen LogP contribution in [0.2, 0.25) is 5.02 Å². The molecule has 0 aliphatic heterocycles. The van der Waals surface area contributed by atoms with Gasteiger partial charge in [-0.2, -0.15) is 4.98 Å². The van der Waals surface area contributed by atoms with E-state index in [1.54, 1.807) is 0 Å². The van der Waals surface area contributed by atoms with Crippen molar-refractivity contribution >= 4 is 23.4 Å². The molecule has 1 rings (SSSR count). The molecule has 1 aromatic rings. The second kappa shape index (κ2) is 6.42. The first-order valence-electron chi connectivity index (χ1n) is 4.89. The van der Waals surface area contributed by atoms with Crippen LogP contribution in [0, 0.1) is 0 Å². The van der Waals surface area contributed by atoms with Gasteiger partial charge in [-0.25, -0.2) is 4.98 Å². The van der Waals surface area contributed by atoms with Crippen molar-refractivity contribution < 1.29 is 5.11 Å². The Bertz CT molecular complexity index is 308. The average Bonchev–Trinajstić information content (AvgIpc) is 2.26. The van der Waals surface area contributed by atoms with E-state index in [1.807, 2.05) is 0 Å². The maximum atomic E-state index is 8.66. The number of nitrogens with one attached hydrogen (secondary N) is 2. The highest BCUT2D eigenvalue weighted by molar-refractivity contribution is 6.32. The Kier molecular flexibility index (Phi) is 5.14. The van der Waals surface area contributed by atoms with E-state index in [9.17, 15) is 0 Å². The molecule has 0 fully saturated rings. The van der Waals surface area contributed by atoms with E-state index >= 15 is 0 Å². The summed E-state index contributed by atoms with van der Waals surface area (Å²) in [7, 11) is 0. The zero-order valence-electron chi connectivity index (χ0n) is 8.63. The molecule has 0 aliphatic rings. The van der Waals surface area contributed by atoms with E-state index in [-0.39, 0.29) is 6.61 Å². The summed E-state index contributed by atoms with van der Waals surface area (Å²) >= 11 is 5.87. The average molecular weight is 231 g/mol. The number of hydrogen-bond donors (Lipinski definition) is 3. The minimum Gasteiger partial charge on any atom is -0.395 e. The van der Waals surface area contributed by atoms with Crippen molar-refractivity contribution in [1.82, 2.24) is 9.97 Å². The minimum atomic E-state index is 0.0397. The lowest BCUT2D eigenvalue weighted by molar-refractivity contribution is 0.311. The normalized spacial score (nSPS) is 10.1. The standard InChI is InChI=1S/C9H15ClN4O/c1-2-3-12-9-13-6-7(10)8(14-9)11-4-5-15/h6,15H,2-5H2,1H3,(H2,11,12,13,14). The number of aliphatic hydroxyl groups is 1. The van der Waals surface area contributed by atoms with Crippen LogP contribution in [-0.4, -0.2) is 34.8 Å². The van der Waals surface area contributed by atoms with E-state index in [2.05, 4.69) is 27.5 Å². The van der Waals surface area contributed by atoms with Crippen molar-refractivity contribution in [2.24, 2.45) is 0 Å². The Morgan fingerprint density at radius 2 is 2.20 bits per heavy atom. The van der Waals surface area contributed by atoms with Crippen molar-refractivity contribution in [2.75, 3.05) is 30.3 Å². The molecular formula is C9H15ClN4O. The van der Waals surface area contributed by atoms with Crippen molar-refractivity contribution in [3.8, 4) is 0 Å². The Balaban J connectivity index is 2.66. The molecule has 0 radical (unpaired) electrons. The maximum absolute atomic E-state index is 8.66. The van der Waals surface area contributed by atoms with E-state index in [1.165, 1.54) is 6.20 Å². The molecule has 0 saturated carbocycles. The van der Waals surface area contributed by atoms with Crippen molar-refractivity contribution in [1.29, 1.82) is 0 Å². The van der Waals surface area contributed by atoms with Crippen LogP contribution in [0.1, 0.15) is 13.3 Å². The molecule has 5 nitrogen and oxygen atoms in total. The molecule has 1 heterocycles. The summed E-state index contributed by atoms with van der Waals surface area (Å²) in [6, 6.07) is 0. The SMILES string of the molecule is CCCNc1ncc(Cl)c(NCCO)n1. The maximum Gasteiger partial charge on any atom is 0.224 e. The molecule has 3 N–H and O–H groups in total. The van der Waals surface area contributed by atoms with E-state index in [0.717, 1.165) is 13.0 Å². The first kappa shape index (κ1) is 12.0. The van der Waals surface area contributed by atoms with Crippen molar-refractivity contribution in [3.05, 3.63) is 11.2 Å². The molecule has 0 aromatic carbocycles. The third kappa shape index (κ3) is 3.89. The summed E-state index contributed by atoms with van der Waals surface area (Å²) in [5, 5.41) is 15.1. The van der Waals surface area contributed by atoms with Gasteiger partial charge in [0, 0.05) is 13.1 Å². The smallest absolute Gasteiger partial charge is 0.224 e. The summed E-state index contributed by atoms with van der Waals surface area (Å²) in [6.45, 7) is 3.34. The molecule has 0 amide bonds. The van der Waals surface area contributed by atoms with Crippen LogP contribution >= 0.6 is 11.6 Å². The molecule has 0 atom stereocenters. The second-order valence-corrected chi connectivity index (χ2v) is 3.37. The summed E-state index contributed by atoms with van der Waals surface area (Å²) in [5.74, 6) is 1.08. The van der Waals surface area contributed by atoms with Gasteiger partial charge in [0.1, 0.15) is 5.02 Å². The van der Waals surface area contributed by atoms with Crippen LogP contribution in [0.4, 0.5) is 11.8 Å². The predicted octanol–water partition coefficient (Wildman–Crippen LogP) is 1.36. The molecule has 0 aliphatic carbocycles. The van der Waals surface area contributed by atoms with E-state index in [4.69, 9.17) is 16.7 Å². The van der Waals surface area contributed by atoms with Crippen LogP contribution < -0.4 is 10.6 Å². The van der Waals surface area contributed by atoms with Gasteiger partial charge in [-0.1, -0.05) is 18.5 Å². The monoisotopic (exact) mass is 230 g/mol. The van der Waals surface area contributed by atoms with Crippen LogP contribution in [-0.2, 0) is 0 Å². The molecule has 0 spiro atoms. The molecule has 0 unspecified atom stereocenters. The molecule has 0 saturated heterocycles. The van der Waals surface area contributed by atoms with Crippen LogP contribution in [0.3, 0.4) is 0 Å². The predicted molar refractivity (Wildman–Crippen MR) is 61.4 cm³/mol. The minimum absolute atomic E-state index is 0.0397. The highest BCUT2D eigenvalue weighted by Gasteiger charge is 2.03. The van der Waals surface area contributed by atoms with Crippen LogP contribution in [0.25, 0.3) is 0 Å². The number of aromatic nitrogens is 2. The lowest BCUT2D eigenvalue weighted by atomic mass is 10.5. The van der Waals surface area contributed by atoms with Crippen LogP contribution in [0.15, 0.2) is 6.20 Å². The first-order chi connectivity index (χ1) is 7.27. The highest BCUT2D eigenvalue weighted by Crippen LogP contribution is 2.18. The largest absolute Gasteiger partial charge is 0.395 e. The lowest BCUT2D eigenvalue weighted by Crippen LogP contribution is -2.10. The number of aliphatic hydroxyl groups excluding tert-OH is 1. The Labute approximate surface area is 93.9 Å². The third-order valence-electron chi connectivity index (χ3n) is 1.68. The summed E-state index contributed by atoms with van der Waals surface area (Å²) in [6.07, 6.45) is 2.54. The highest BCUT2D eigenvalue weighted by atomic mass is 35.5. The Morgan fingerprint density at radius 1 is 1.40 bits per heavy atom. The summed E-state index contributed by atoms with van der Waals surface area (Å²) in [4.78, 5) is 8.20. The summed E-state index contributed by atoms with van der Waals surface area (Å²) < 4.78 is 0. The molecular weight excluding hydrogens is 216 g/mol. The number of anilines is 2. The fraction of sp³-hybridized carbons (Fsp3) is 0.556. The Hall–Kier alpha value is -1.07. The second-order valence-electron chi connectivity index (χ2n) is 2.97. The van der Waals surface area contributed by atoms with Gasteiger partial charge in [-0.3, -0.25) is 0 Å². The fourth-order valence-corrected chi connectivity index (χ4v) is 1.15. The fourth-order valence-electron chi connectivity index (χ4n) is 0.987. The zero-order valence-corrected chi connectivity index (χ0v) is 9.38. The quantitative estimate of drug-likeness (QED) is 0.689. The van der Waals surface area contributed by atoms with Gasteiger partial charge in [0.25, 0.3) is 0 Å². The first-order valence-corrected chi connectivity index (χ1v) is 5.27. The third-order valence-corrected chi connectivity index (χ3v) is 1.96. The van der Waals surface area contributed by atoms with Gasteiger partial charge in [0.2, 0.25) is 5.95 Å². The molecule has 6 heteroatoms. The van der Waals surface area contributed by atoms with Gasteiger partial charge < -0.3 is 15.7 Å². The van der Waals surface area contributed by atoms with Gasteiger partial charge in [-0.15, -0.1) is 0 Å².